The fourth-order valence-corrected chi connectivity index (χ4v) is 4.84. The number of benzene rings is 3. The summed E-state index contributed by atoms with van der Waals surface area (Å²) in [6.45, 7) is 4.29. The average Bonchev–Trinajstić information content (AvgIpc) is 3.00. The molecule has 4 rings (SSSR count). The molecule has 1 heterocycles. The van der Waals surface area contributed by atoms with E-state index in [1.165, 1.54) is 47.8 Å². The summed E-state index contributed by atoms with van der Waals surface area (Å²) in [6, 6.07) is 19.9. The molecule has 3 aromatic rings. The molecule has 0 atom stereocenters. The van der Waals surface area contributed by atoms with Crippen LogP contribution in [0.2, 0.25) is 5.02 Å². The third-order valence-electron chi connectivity index (χ3n) is 6.64. The van der Waals surface area contributed by atoms with E-state index in [1.807, 2.05) is 6.07 Å². The van der Waals surface area contributed by atoms with Crippen molar-refractivity contribution >= 4 is 35.4 Å². The van der Waals surface area contributed by atoms with Gasteiger partial charge in [-0.05, 0) is 93.7 Å². The van der Waals surface area contributed by atoms with E-state index in [9.17, 15) is 5.11 Å². The van der Waals surface area contributed by atoms with Crippen molar-refractivity contribution in [3.8, 4) is 11.5 Å². The third-order valence-corrected chi connectivity index (χ3v) is 6.87. The largest absolute Gasteiger partial charge is 0.508 e. The second-order valence-electron chi connectivity index (χ2n) is 9.83. The molecule has 0 unspecified atom stereocenters. The van der Waals surface area contributed by atoms with Crippen LogP contribution in [0.15, 0.2) is 60.7 Å². The third kappa shape index (κ3) is 9.45. The lowest BCUT2D eigenvalue weighted by Gasteiger charge is -2.27. The van der Waals surface area contributed by atoms with E-state index in [0.717, 1.165) is 55.8 Å². The van der Waals surface area contributed by atoms with Crippen molar-refractivity contribution in [2.24, 2.45) is 0 Å². The molecule has 1 aliphatic rings. The Balaban J connectivity index is 0.000000280. The van der Waals surface area contributed by atoms with Gasteiger partial charge in [0, 0.05) is 29.0 Å². The Bertz CT molecular complexity index is 1100. The number of nitrogens with zero attached hydrogens (tertiary/aromatic N) is 2. The van der Waals surface area contributed by atoms with Gasteiger partial charge in [0.15, 0.2) is 0 Å². The van der Waals surface area contributed by atoms with Crippen LogP contribution >= 0.6 is 24.0 Å². The molecule has 4 nitrogen and oxygen atoms in total. The van der Waals surface area contributed by atoms with Crippen LogP contribution in [0.5, 0.6) is 11.5 Å². The minimum absolute atomic E-state index is 0. The highest BCUT2D eigenvalue weighted by atomic mass is 35.5. The molecular weight excluding hydrogens is 503 g/mol. The Kier molecular flexibility index (Phi) is 13.1. The van der Waals surface area contributed by atoms with Gasteiger partial charge < -0.3 is 20.0 Å². The molecule has 0 spiro atoms. The molecule has 0 aromatic heterocycles. The molecule has 3 aromatic carbocycles. The van der Waals surface area contributed by atoms with Crippen LogP contribution in [0, 0.1) is 0 Å². The number of halogens is 2. The van der Waals surface area contributed by atoms with Crippen molar-refractivity contribution in [1.29, 1.82) is 0 Å². The molecule has 0 radical (unpaired) electrons. The maximum Gasteiger partial charge on any atom is 0.122 e. The predicted octanol–water partition coefficient (Wildman–Crippen LogP) is 8.17. The first-order valence-corrected chi connectivity index (χ1v) is 13.6. The Morgan fingerprint density at radius 3 is 2.27 bits per heavy atom. The zero-order chi connectivity index (χ0) is 25.9. The zero-order valence-electron chi connectivity index (χ0n) is 22.4. The number of hydrogen-bond acceptors (Lipinski definition) is 4. The number of aryl methyl sites for hydroxylation is 3. The Morgan fingerprint density at radius 2 is 1.57 bits per heavy atom. The second-order valence-corrected chi connectivity index (χ2v) is 10.3. The fourth-order valence-electron chi connectivity index (χ4n) is 4.68. The first-order chi connectivity index (χ1) is 17.4. The molecule has 0 amide bonds. The topological polar surface area (TPSA) is 46.9 Å². The van der Waals surface area contributed by atoms with Gasteiger partial charge in [-0.3, -0.25) is 0 Å². The van der Waals surface area contributed by atoms with Crippen LogP contribution in [0.3, 0.4) is 0 Å². The number of unbranched alkanes of at least 4 members (excludes halogenated alkanes) is 3. The number of phenols is 2. The van der Waals surface area contributed by atoms with Crippen LogP contribution in [-0.4, -0.2) is 42.3 Å². The summed E-state index contributed by atoms with van der Waals surface area (Å²) in [7, 11) is 4.25. The number of hydrogen-bond donors (Lipinski definition) is 2. The van der Waals surface area contributed by atoms with Crippen LogP contribution in [0.25, 0.3) is 0 Å². The van der Waals surface area contributed by atoms with Crippen LogP contribution in [0.4, 0.5) is 11.4 Å². The van der Waals surface area contributed by atoms with Gasteiger partial charge in [-0.2, -0.15) is 0 Å². The van der Waals surface area contributed by atoms with E-state index in [1.54, 1.807) is 12.1 Å². The summed E-state index contributed by atoms with van der Waals surface area (Å²) in [5.41, 5.74) is 6.36. The Labute approximate surface area is 234 Å². The van der Waals surface area contributed by atoms with Crippen LogP contribution < -0.4 is 4.90 Å². The monoisotopic (exact) mass is 544 g/mol. The van der Waals surface area contributed by atoms with Gasteiger partial charge in [0.2, 0.25) is 0 Å². The maximum atomic E-state index is 9.49. The van der Waals surface area contributed by atoms with E-state index in [0.29, 0.717) is 0 Å². The summed E-state index contributed by atoms with van der Waals surface area (Å²) >= 11 is 6.27. The summed E-state index contributed by atoms with van der Waals surface area (Å²) in [5, 5.41) is 19.4. The molecule has 0 bridgehead atoms. The van der Waals surface area contributed by atoms with Gasteiger partial charge in [0.05, 0.1) is 0 Å². The molecule has 2 N–H and O–H groups in total. The van der Waals surface area contributed by atoms with Crippen molar-refractivity contribution in [1.82, 2.24) is 4.90 Å². The van der Waals surface area contributed by atoms with Crippen molar-refractivity contribution in [2.75, 3.05) is 32.1 Å². The second kappa shape index (κ2) is 15.8. The molecule has 37 heavy (non-hydrogen) atoms. The van der Waals surface area contributed by atoms with Gasteiger partial charge >= 0.3 is 0 Å². The lowest BCUT2D eigenvalue weighted by Crippen LogP contribution is -2.24. The van der Waals surface area contributed by atoms with Gasteiger partial charge in [-0.15, -0.1) is 12.4 Å². The number of phenolic OH excluding ortho intramolecular Hbond substituents is 2. The number of fused-ring (bicyclic) bond motifs is 2. The number of rotatable bonds is 9. The maximum absolute atomic E-state index is 9.49. The molecule has 202 valence electrons. The lowest BCUT2D eigenvalue weighted by atomic mass is 10.0. The zero-order valence-corrected chi connectivity index (χ0v) is 24.0. The van der Waals surface area contributed by atoms with Gasteiger partial charge in [-0.25, -0.2) is 0 Å². The summed E-state index contributed by atoms with van der Waals surface area (Å²) < 4.78 is 0. The van der Waals surface area contributed by atoms with E-state index < -0.39 is 0 Å². The van der Waals surface area contributed by atoms with Crippen LogP contribution in [-0.2, 0) is 19.3 Å². The highest BCUT2D eigenvalue weighted by Gasteiger charge is 2.20. The normalized spacial score (nSPS) is 12.1. The highest BCUT2D eigenvalue weighted by molar-refractivity contribution is 6.30. The van der Waals surface area contributed by atoms with E-state index >= 15 is 0 Å². The predicted molar refractivity (Wildman–Crippen MR) is 160 cm³/mol. The number of aromatic hydroxyl groups is 2. The van der Waals surface area contributed by atoms with Gasteiger partial charge in [-0.1, -0.05) is 68.1 Å². The van der Waals surface area contributed by atoms with Crippen molar-refractivity contribution < 1.29 is 10.2 Å². The van der Waals surface area contributed by atoms with Crippen molar-refractivity contribution in [3.63, 3.8) is 0 Å². The fraction of sp³-hybridized carbons (Fsp3) is 0.419. The number of para-hydroxylation sites is 1. The molecule has 1 aliphatic heterocycles. The molecular formula is C31H42Cl2N2O2. The highest BCUT2D eigenvalue weighted by Crippen LogP contribution is 2.37. The molecule has 6 heteroatoms. The summed E-state index contributed by atoms with van der Waals surface area (Å²) in [5.74, 6) is 0.335. The smallest absolute Gasteiger partial charge is 0.122 e. The Hall–Kier alpha value is -2.40. The molecule has 0 fully saturated rings. The van der Waals surface area contributed by atoms with Gasteiger partial charge in [0.1, 0.15) is 11.5 Å². The molecule has 0 saturated heterocycles. The summed E-state index contributed by atoms with van der Waals surface area (Å²) in [4.78, 5) is 4.69. The standard InChI is InChI=1S/C19H23ClN2.C12H18O2.ClH/c1-21(2)12-5-13-22-18-7-4-3-6-15(18)8-9-16-10-11-17(20)14-19(16)22;1-2-3-4-5-6-10-7-8-11(13)9-12(10)14;/h3-4,6-7,10-11,14H,5,8-9,12-13H2,1-2H3;7-9,13-14H,2-6H2,1H3;1H. The van der Waals surface area contributed by atoms with E-state index in [4.69, 9.17) is 16.7 Å². The minimum Gasteiger partial charge on any atom is -0.508 e. The lowest BCUT2D eigenvalue weighted by molar-refractivity contribution is 0.402. The SMILES string of the molecule is CCCCCCc1ccc(O)cc1O.CN(C)CCCN1c2ccccc2CCc2ccc(Cl)cc21.Cl. The first-order valence-electron chi connectivity index (χ1n) is 13.2. The van der Waals surface area contributed by atoms with Crippen molar-refractivity contribution in [2.45, 2.75) is 58.3 Å². The molecule has 0 aliphatic carbocycles. The van der Waals surface area contributed by atoms with E-state index in [2.05, 4.69) is 67.2 Å². The van der Waals surface area contributed by atoms with Crippen LogP contribution in [0.1, 0.15) is 55.7 Å². The van der Waals surface area contributed by atoms with E-state index in [-0.39, 0.29) is 23.9 Å². The minimum atomic E-state index is 0. The quantitative estimate of drug-likeness (QED) is 0.266. The van der Waals surface area contributed by atoms with Crippen molar-refractivity contribution in [3.05, 3.63) is 82.4 Å². The van der Waals surface area contributed by atoms with Gasteiger partial charge in [0.25, 0.3) is 0 Å². The number of anilines is 2. The first kappa shape index (κ1) is 30.8. The summed E-state index contributed by atoms with van der Waals surface area (Å²) in [6.07, 6.45) is 8.98. The average molecular weight is 546 g/mol. The Morgan fingerprint density at radius 1 is 0.838 bits per heavy atom. The molecule has 0 saturated carbocycles.